The molecule has 210 valence electrons. The molecule has 0 spiro atoms. The summed E-state index contributed by atoms with van der Waals surface area (Å²) < 4.78 is 0. The Balaban J connectivity index is -0.000000425. The van der Waals surface area contributed by atoms with Gasteiger partial charge in [0.15, 0.2) is 0 Å². The molecule has 0 aliphatic carbocycles. The molecule has 0 bridgehead atoms. The van der Waals surface area contributed by atoms with Crippen molar-refractivity contribution in [3.63, 3.8) is 0 Å². The Bertz CT molecular complexity index is 935. The van der Waals surface area contributed by atoms with Gasteiger partial charge in [0.05, 0.1) is 0 Å². The van der Waals surface area contributed by atoms with E-state index in [4.69, 9.17) is 0 Å². The summed E-state index contributed by atoms with van der Waals surface area (Å²) in [5.41, 5.74) is 12.7. The van der Waals surface area contributed by atoms with Crippen LogP contribution >= 0.6 is 0 Å². The minimum atomic E-state index is 0.649. The zero-order valence-electron chi connectivity index (χ0n) is 27.9. The Kier molecular flexibility index (Phi) is 24.2. The highest BCUT2D eigenvalue weighted by Gasteiger charge is 2.01. The Labute approximate surface area is 234 Å². The first-order valence-electron chi connectivity index (χ1n) is 14.6. The van der Waals surface area contributed by atoms with Crippen molar-refractivity contribution in [1.29, 1.82) is 0 Å². The fraction of sp³-hybridized carbons (Fsp3) is 0.514. The van der Waals surface area contributed by atoms with E-state index in [1.807, 2.05) is 41.5 Å². The van der Waals surface area contributed by atoms with Crippen molar-refractivity contribution in [2.75, 3.05) is 0 Å². The van der Waals surface area contributed by atoms with Crippen LogP contribution in [0, 0.1) is 48.5 Å². The van der Waals surface area contributed by atoms with Gasteiger partial charge >= 0.3 is 0 Å². The second kappa shape index (κ2) is 22.8. The van der Waals surface area contributed by atoms with Gasteiger partial charge in [-0.05, 0) is 99.2 Å². The maximum atomic E-state index is 2.25. The summed E-state index contributed by atoms with van der Waals surface area (Å²) in [7, 11) is 0. The highest BCUT2D eigenvalue weighted by molar-refractivity contribution is 5.36. The fourth-order valence-corrected chi connectivity index (χ4v) is 3.96. The Morgan fingerprint density at radius 3 is 1.14 bits per heavy atom. The van der Waals surface area contributed by atoms with Crippen molar-refractivity contribution >= 4 is 0 Å². The highest BCUT2D eigenvalue weighted by Crippen LogP contribution is 2.19. The van der Waals surface area contributed by atoms with E-state index >= 15 is 0 Å². The van der Waals surface area contributed by atoms with E-state index in [2.05, 4.69) is 131 Å². The summed E-state index contributed by atoms with van der Waals surface area (Å²) in [5.74, 6) is 1.30. The van der Waals surface area contributed by atoms with Crippen molar-refractivity contribution < 1.29 is 0 Å². The van der Waals surface area contributed by atoms with Gasteiger partial charge in [0.2, 0.25) is 0 Å². The van der Waals surface area contributed by atoms with Gasteiger partial charge in [-0.1, -0.05) is 135 Å². The molecule has 0 amide bonds. The molecule has 0 aliphatic heterocycles. The second-order valence-corrected chi connectivity index (χ2v) is 9.55. The topological polar surface area (TPSA) is 0 Å². The molecule has 0 heteroatoms. The normalized spacial score (nSPS) is 9.16. The minimum Gasteiger partial charge on any atom is -0.0683 e. The van der Waals surface area contributed by atoms with E-state index < -0.39 is 0 Å². The van der Waals surface area contributed by atoms with Crippen LogP contribution in [0.2, 0.25) is 0 Å². The number of hydrogen-bond donors (Lipinski definition) is 0. The molecule has 0 aromatic heterocycles. The van der Waals surface area contributed by atoms with Crippen LogP contribution < -0.4 is 0 Å². The third kappa shape index (κ3) is 16.2. The summed E-state index contributed by atoms with van der Waals surface area (Å²) in [6.45, 7) is 36.0. The SMILES string of the molecule is CC.CC.CC.Cc1cc(C)c(C)c(C)c1.Cc1ccc(C(C)C)c(C)c1.Cc1ccccc1C(C)C. The fourth-order valence-electron chi connectivity index (χ4n) is 3.96. The van der Waals surface area contributed by atoms with Crippen LogP contribution in [0.1, 0.15) is 131 Å². The molecule has 0 N–H and O–H groups in total. The summed E-state index contributed by atoms with van der Waals surface area (Å²) in [4.78, 5) is 0. The summed E-state index contributed by atoms with van der Waals surface area (Å²) in [6.07, 6.45) is 0. The van der Waals surface area contributed by atoms with Crippen LogP contribution in [-0.4, -0.2) is 0 Å². The molecule has 0 unspecified atom stereocenters. The molecule has 0 atom stereocenters. The van der Waals surface area contributed by atoms with Gasteiger partial charge in [-0.25, -0.2) is 0 Å². The number of benzene rings is 3. The third-order valence-corrected chi connectivity index (χ3v) is 5.93. The molecule has 0 nitrogen and oxygen atoms in total. The Morgan fingerprint density at radius 2 is 0.784 bits per heavy atom. The predicted octanol–water partition coefficient (Wildman–Crippen LogP) is 12.5. The van der Waals surface area contributed by atoms with E-state index in [1.165, 1.54) is 50.1 Å². The standard InChI is InChI=1S/C11H16.2C10H14.3C2H6/c1-8(2)11-6-5-9(3)7-10(11)4;1-7-5-8(2)10(4)9(3)6-7;1-8(2)10-7-5-4-6-9(10)3;3*1-2/h5-8H,1-4H3;5-6H,1-4H3;4-8H,1-3H3;3*1-2H3. The highest BCUT2D eigenvalue weighted by atomic mass is 14.1. The monoisotopic (exact) mass is 506 g/mol. The number of hydrogen-bond acceptors (Lipinski definition) is 0. The number of rotatable bonds is 2. The first-order chi connectivity index (χ1) is 17.4. The molecule has 37 heavy (non-hydrogen) atoms. The van der Waals surface area contributed by atoms with E-state index in [9.17, 15) is 0 Å². The van der Waals surface area contributed by atoms with E-state index in [1.54, 1.807) is 0 Å². The van der Waals surface area contributed by atoms with Gasteiger partial charge in [0, 0.05) is 0 Å². The van der Waals surface area contributed by atoms with Crippen LogP contribution in [0.15, 0.2) is 54.6 Å². The molecule has 3 aromatic rings. The van der Waals surface area contributed by atoms with Gasteiger partial charge < -0.3 is 0 Å². The van der Waals surface area contributed by atoms with Crippen molar-refractivity contribution in [1.82, 2.24) is 0 Å². The lowest BCUT2D eigenvalue weighted by atomic mass is 9.97. The largest absolute Gasteiger partial charge is 0.0683 e. The predicted molar refractivity (Wildman–Crippen MR) is 175 cm³/mol. The lowest BCUT2D eigenvalue weighted by Gasteiger charge is -2.09. The van der Waals surface area contributed by atoms with E-state index in [-0.39, 0.29) is 0 Å². The first-order valence-corrected chi connectivity index (χ1v) is 14.6. The molecule has 0 saturated carbocycles. The Hall–Kier alpha value is -2.34. The molecule has 3 aromatic carbocycles. The lowest BCUT2D eigenvalue weighted by molar-refractivity contribution is 0.855. The van der Waals surface area contributed by atoms with E-state index in [0.29, 0.717) is 11.8 Å². The van der Waals surface area contributed by atoms with Crippen LogP contribution in [-0.2, 0) is 0 Å². The van der Waals surface area contributed by atoms with Crippen molar-refractivity contribution in [2.45, 2.75) is 130 Å². The summed E-state index contributed by atoms with van der Waals surface area (Å²) in [5, 5.41) is 0. The summed E-state index contributed by atoms with van der Waals surface area (Å²) in [6, 6.07) is 19.6. The van der Waals surface area contributed by atoms with Crippen LogP contribution in [0.3, 0.4) is 0 Å². The zero-order chi connectivity index (χ0) is 29.7. The van der Waals surface area contributed by atoms with Gasteiger partial charge in [0.25, 0.3) is 0 Å². The molecular weight excluding hydrogens is 444 g/mol. The average Bonchev–Trinajstić information content (AvgIpc) is 2.87. The van der Waals surface area contributed by atoms with Crippen molar-refractivity contribution in [2.24, 2.45) is 0 Å². The molecule has 0 aliphatic rings. The Morgan fingerprint density at radius 1 is 0.405 bits per heavy atom. The lowest BCUT2D eigenvalue weighted by Crippen LogP contribution is -1.91. The quantitative estimate of drug-likeness (QED) is 0.324. The van der Waals surface area contributed by atoms with Gasteiger partial charge in [0.1, 0.15) is 0 Å². The van der Waals surface area contributed by atoms with Crippen LogP contribution in [0.4, 0.5) is 0 Å². The molecule has 0 fully saturated rings. The third-order valence-electron chi connectivity index (χ3n) is 5.93. The maximum Gasteiger partial charge on any atom is -0.0216 e. The van der Waals surface area contributed by atoms with Gasteiger partial charge in [-0.3, -0.25) is 0 Å². The minimum absolute atomic E-state index is 0.649. The molecule has 3 rings (SSSR count). The molecule has 0 heterocycles. The van der Waals surface area contributed by atoms with Gasteiger partial charge in [-0.2, -0.15) is 0 Å². The van der Waals surface area contributed by atoms with Crippen LogP contribution in [0.5, 0.6) is 0 Å². The maximum absolute atomic E-state index is 2.25. The van der Waals surface area contributed by atoms with Crippen molar-refractivity contribution in [3.8, 4) is 0 Å². The molecular formula is C37H62. The average molecular weight is 507 g/mol. The second-order valence-electron chi connectivity index (χ2n) is 9.55. The summed E-state index contributed by atoms with van der Waals surface area (Å²) >= 11 is 0. The smallest absolute Gasteiger partial charge is 0.0216 e. The van der Waals surface area contributed by atoms with Gasteiger partial charge in [-0.15, -0.1) is 0 Å². The van der Waals surface area contributed by atoms with E-state index in [0.717, 1.165) is 0 Å². The zero-order valence-corrected chi connectivity index (χ0v) is 27.9. The van der Waals surface area contributed by atoms with Crippen LogP contribution in [0.25, 0.3) is 0 Å². The van der Waals surface area contributed by atoms with Crippen molar-refractivity contribution in [3.05, 3.63) is 105 Å². The first kappa shape index (κ1) is 39.2. The molecule has 0 saturated heterocycles. The number of aryl methyl sites for hydroxylation is 6. The molecule has 0 radical (unpaired) electrons.